The maximum Gasteiger partial charge on any atom is 0.416 e. The first-order chi connectivity index (χ1) is 16.8. The molecule has 2 heterocycles. The summed E-state index contributed by atoms with van der Waals surface area (Å²) in [7, 11) is 0. The number of alkyl halides is 3. The third kappa shape index (κ3) is 4.89. The van der Waals surface area contributed by atoms with E-state index in [9.17, 15) is 22.8 Å². The van der Waals surface area contributed by atoms with E-state index in [1.807, 2.05) is 30.3 Å². The number of nitrogens with one attached hydrogen (secondary N) is 1. The number of carbonyl (C=O) groups excluding carboxylic acids is 2. The predicted octanol–water partition coefficient (Wildman–Crippen LogP) is 4.19. The molecule has 1 aromatic heterocycles. The van der Waals surface area contributed by atoms with Crippen LogP contribution in [-0.4, -0.2) is 34.4 Å². The minimum absolute atomic E-state index is 0.0328. The van der Waals surface area contributed by atoms with E-state index in [-0.39, 0.29) is 36.5 Å². The fourth-order valence-electron chi connectivity index (χ4n) is 4.66. The summed E-state index contributed by atoms with van der Waals surface area (Å²) in [4.78, 5) is 35.8. The highest BCUT2D eigenvalue weighted by molar-refractivity contribution is 6.00. The SMILES string of the molecule is O=C(N[C@H]1CCc2nc(-c3ccccc3)ncc2C1)[C@@H]1CC(=O)N(c2cccc(C(F)(F)F)c2)C1. The number of benzene rings is 2. The fraction of sp³-hybridized carbons (Fsp3) is 0.308. The van der Waals surface area contributed by atoms with Gasteiger partial charge in [0.25, 0.3) is 0 Å². The molecule has 0 radical (unpaired) electrons. The van der Waals surface area contributed by atoms with E-state index in [1.54, 1.807) is 6.20 Å². The van der Waals surface area contributed by atoms with E-state index < -0.39 is 17.7 Å². The third-order valence-electron chi connectivity index (χ3n) is 6.51. The van der Waals surface area contributed by atoms with Gasteiger partial charge in [0.1, 0.15) is 0 Å². The Morgan fingerprint density at radius 3 is 2.63 bits per heavy atom. The second kappa shape index (κ2) is 9.13. The number of hydrogen-bond acceptors (Lipinski definition) is 4. The van der Waals surface area contributed by atoms with E-state index in [0.29, 0.717) is 25.1 Å². The predicted molar refractivity (Wildman–Crippen MR) is 123 cm³/mol. The first kappa shape index (κ1) is 23.0. The van der Waals surface area contributed by atoms with Crippen LogP contribution in [0.15, 0.2) is 60.8 Å². The zero-order chi connectivity index (χ0) is 24.6. The molecule has 2 aromatic carbocycles. The number of halogens is 3. The summed E-state index contributed by atoms with van der Waals surface area (Å²) in [6.07, 6.45) is -0.733. The van der Waals surface area contributed by atoms with Crippen molar-refractivity contribution in [1.82, 2.24) is 15.3 Å². The summed E-state index contributed by atoms with van der Waals surface area (Å²) in [5, 5.41) is 3.02. The van der Waals surface area contributed by atoms with E-state index in [2.05, 4.69) is 10.3 Å². The zero-order valence-corrected chi connectivity index (χ0v) is 18.8. The van der Waals surface area contributed by atoms with Gasteiger partial charge >= 0.3 is 6.18 Å². The lowest BCUT2D eigenvalue weighted by Crippen LogP contribution is -2.42. The van der Waals surface area contributed by atoms with E-state index in [0.717, 1.165) is 29.0 Å². The van der Waals surface area contributed by atoms with Gasteiger partial charge in [-0.1, -0.05) is 36.4 Å². The van der Waals surface area contributed by atoms with Crippen molar-refractivity contribution in [2.24, 2.45) is 5.92 Å². The quantitative estimate of drug-likeness (QED) is 0.608. The van der Waals surface area contributed by atoms with E-state index in [4.69, 9.17) is 4.98 Å². The highest BCUT2D eigenvalue weighted by Crippen LogP contribution is 2.33. The Morgan fingerprint density at radius 1 is 1.06 bits per heavy atom. The second-order valence-electron chi connectivity index (χ2n) is 8.93. The topological polar surface area (TPSA) is 75.2 Å². The third-order valence-corrected chi connectivity index (χ3v) is 6.51. The molecule has 35 heavy (non-hydrogen) atoms. The van der Waals surface area contributed by atoms with Crippen molar-refractivity contribution < 1.29 is 22.8 Å². The number of aryl methyl sites for hydroxylation is 1. The van der Waals surface area contributed by atoms with Crippen LogP contribution >= 0.6 is 0 Å². The van der Waals surface area contributed by atoms with Crippen LogP contribution in [0.1, 0.15) is 29.7 Å². The van der Waals surface area contributed by atoms with Crippen molar-refractivity contribution in [2.75, 3.05) is 11.4 Å². The second-order valence-corrected chi connectivity index (χ2v) is 8.93. The monoisotopic (exact) mass is 480 g/mol. The van der Waals surface area contributed by atoms with Crippen LogP contribution in [0.4, 0.5) is 18.9 Å². The Kier molecular flexibility index (Phi) is 6.00. The minimum atomic E-state index is -4.50. The van der Waals surface area contributed by atoms with Gasteiger partial charge in [0.05, 0.1) is 11.5 Å². The Hall–Kier alpha value is -3.75. The molecule has 2 amide bonds. The molecule has 0 unspecified atom stereocenters. The van der Waals surface area contributed by atoms with Crippen LogP contribution in [-0.2, 0) is 28.6 Å². The van der Waals surface area contributed by atoms with Crippen molar-refractivity contribution >= 4 is 17.5 Å². The summed E-state index contributed by atoms with van der Waals surface area (Å²) in [6, 6.07) is 14.2. The zero-order valence-electron chi connectivity index (χ0n) is 18.8. The Bertz CT molecular complexity index is 1260. The molecule has 6 nitrogen and oxygen atoms in total. The molecule has 1 N–H and O–H groups in total. The molecule has 2 atom stereocenters. The van der Waals surface area contributed by atoms with Gasteiger partial charge in [-0.05, 0) is 43.0 Å². The lowest BCUT2D eigenvalue weighted by Gasteiger charge is -2.26. The van der Waals surface area contributed by atoms with Crippen LogP contribution in [0.5, 0.6) is 0 Å². The number of fused-ring (bicyclic) bond motifs is 1. The number of aromatic nitrogens is 2. The molecule has 0 saturated carbocycles. The van der Waals surface area contributed by atoms with Crippen molar-refractivity contribution in [3.8, 4) is 11.4 Å². The standard InChI is InChI=1S/C26H23F3N4O2/c27-26(28,29)19-7-4-8-21(13-19)33-15-18(12-23(33)34)25(35)31-20-9-10-22-17(11-20)14-30-24(32-22)16-5-2-1-3-6-16/h1-8,13-14,18,20H,9-12,15H2,(H,31,35)/t18-,20+/m1/s1. The number of hydrogen-bond donors (Lipinski definition) is 1. The summed E-state index contributed by atoms with van der Waals surface area (Å²) >= 11 is 0. The molecule has 9 heteroatoms. The maximum absolute atomic E-state index is 13.1. The molecule has 2 aliphatic rings. The minimum Gasteiger partial charge on any atom is -0.353 e. The molecule has 3 aromatic rings. The van der Waals surface area contributed by atoms with Gasteiger partial charge in [-0.2, -0.15) is 13.2 Å². The summed E-state index contributed by atoms with van der Waals surface area (Å²) in [6.45, 7) is 0.0544. The molecule has 0 spiro atoms. The number of amides is 2. The van der Waals surface area contributed by atoms with Gasteiger partial charge in [0.2, 0.25) is 11.8 Å². The van der Waals surface area contributed by atoms with Crippen molar-refractivity contribution in [1.29, 1.82) is 0 Å². The smallest absolute Gasteiger partial charge is 0.353 e. The van der Waals surface area contributed by atoms with Gasteiger partial charge in [-0.3, -0.25) is 9.59 Å². The molecule has 0 bridgehead atoms. The first-order valence-electron chi connectivity index (χ1n) is 11.5. The number of rotatable bonds is 4. The van der Waals surface area contributed by atoms with Gasteiger partial charge in [0, 0.05) is 42.1 Å². The van der Waals surface area contributed by atoms with Crippen LogP contribution in [0.2, 0.25) is 0 Å². The van der Waals surface area contributed by atoms with Gasteiger partial charge in [-0.15, -0.1) is 0 Å². The number of carbonyl (C=O) groups is 2. The molecule has 1 fully saturated rings. The van der Waals surface area contributed by atoms with Crippen molar-refractivity contribution in [2.45, 2.75) is 37.9 Å². The Balaban J connectivity index is 1.22. The largest absolute Gasteiger partial charge is 0.416 e. The van der Waals surface area contributed by atoms with Crippen LogP contribution in [0.3, 0.4) is 0 Å². The number of anilines is 1. The van der Waals surface area contributed by atoms with Crippen LogP contribution < -0.4 is 10.2 Å². The normalized spacial score (nSPS) is 20.0. The summed E-state index contributed by atoms with van der Waals surface area (Å²) < 4.78 is 39.2. The Labute approximate surface area is 200 Å². The average Bonchev–Trinajstić information content (AvgIpc) is 3.25. The first-order valence-corrected chi connectivity index (χ1v) is 11.5. The highest BCUT2D eigenvalue weighted by Gasteiger charge is 2.37. The van der Waals surface area contributed by atoms with Gasteiger partial charge < -0.3 is 10.2 Å². The summed E-state index contributed by atoms with van der Waals surface area (Å²) in [5.74, 6) is -0.565. The van der Waals surface area contributed by atoms with E-state index in [1.165, 1.54) is 17.0 Å². The molecular weight excluding hydrogens is 457 g/mol. The molecular formula is C26H23F3N4O2. The highest BCUT2D eigenvalue weighted by atomic mass is 19.4. The molecule has 1 saturated heterocycles. The number of nitrogens with zero attached hydrogens (tertiary/aromatic N) is 3. The van der Waals surface area contributed by atoms with Crippen molar-refractivity contribution in [3.63, 3.8) is 0 Å². The van der Waals surface area contributed by atoms with Crippen molar-refractivity contribution in [3.05, 3.63) is 77.6 Å². The van der Waals surface area contributed by atoms with E-state index >= 15 is 0 Å². The van der Waals surface area contributed by atoms with Gasteiger partial charge in [-0.25, -0.2) is 9.97 Å². The molecule has 1 aliphatic carbocycles. The maximum atomic E-state index is 13.1. The van der Waals surface area contributed by atoms with Crippen LogP contribution in [0, 0.1) is 5.92 Å². The molecule has 180 valence electrons. The lowest BCUT2D eigenvalue weighted by molar-refractivity contribution is -0.137. The lowest BCUT2D eigenvalue weighted by atomic mass is 9.92. The Morgan fingerprint density at radius 2 is 1.86 bits per heavy atom. The fourth-order valence-corrected chi connectivity index (χ4v) is 4.66. The molecule has 1 aliphatic heterocycles. The summed E-state index contributed by atoms with van der Waals surface area (Å²) in [5.41, 5.74) is 2.22. The van der Waals surface area contributed by atoms with Gasteiger partial charge in [0.15, 0.2) is 5.82 Å². The average molecular weight is 480 g/mol. The molecule has 5 rings (SSSR count). The van der Waals surface area contributed by atoms with Crippen LogP contribution in [0.25, 0.3) is 11.4 Å².